The molecule has 1 aromatic heterocycles. The number of nitrogens with one attached hydrogen (secondary N) is 2. The maximum absolute atomic E-state index is 11.9. The number of nitrogens with two attached hydrogens (primary N) is 1. The molecule has 0 saturated heterocycles. The summed E-state index contributed by atoms with van der Waals surface area (Å²) in [4.78, 5) is 26.4. The van der Waals surface area contributed by atoms with Crippen molar-refractivity contribution in [1.82, 2.24) is 10.3 Å². The number of aromatic hydroxyl groups is 1. The van der Waals surface area contributed by atoms with Gasteiger partial charge in [0.1, 0.15) is 11.3 Å². The number of carbonyl (C=O) groups is 1. The smallest absolute Gasteiger partial charge is 0.257 e. The maximum Gasteiger partial charge on any atom is 0.257 e. The third kappa shape index (κ3) is 2.97. The predicted octanol–water partition coefficient (Wildman–Crippen LogP) is 0.901. The normalized spacial score (nSPS) is 10.2. The Morgan fingerprint density at radius 3 is 2.85 bits per heavy atom. The monoisotopic (exact) mass is 273 g/mol. The van der Waals surface area contributed by atoms with Crippen LogP contribution in [0.3, 0.4) is 0 Å². The van der Waals surface area contributed by atoms with Crippen LogP contribution < -0.4 is 16.5 Å². The molecule has 0 radical (unpaired) electrons. The van der Waals surface area contributed by atoms with Gasteiger partial charge in [-0.1, -0.05) is 0 Å². The van der Waals surface area contributed by atoms with E-state index < -0.39 is 5.91 Å². The summed E-state index contributed by atoms with van der Waals surface area (Å²) in [6, 6.07) is 5.93. The number of nitrogen functional groups attached to an aromatic ring is 1. The molecular weight excluding hydrogens is 258 g/mol. The molecule has 0 aliphatic carbocycles. The number of hydrogen-bond donors (Lipinski definition) is 4. The standard InChI is InChI=1S/C14H15N3O3/c1-8-4-13(19)11(7-16-8)14(20)17-6-9-5-10(15)2-3-12(9)18/h2-5,7,18H,6,15H2,1H3,(H,16,19)(H,17,20). The van der Waals surface area contributed by atoms with Crippen molar-refractivity contribution in [3.05, 3.63) is 57.5 Å². The Morgan fingerprint density at radius 2 is 2.15 bits per heavy atom. The predicted molar refractivity (Wildman–Crippen MR) is 75.5 cm³/mol. The van der Waals surface area contributed by atoms with Gasteiger partial charge in [-0.3, -0.25) is 9.59 Å². The van der Waals surface area contributed by atoms with Gasteiger partial charge in [-0.2, -0.15) is 0 Å². The molecule has 5 N–H and O–H groups in total. The Morgan fingerprint density at radius 1 is 1.40 bits per heavy atom. The summed E-state index contributed by atoms with van der Waals surface area (Å²) < 4.78 is 0. The molecule has 0 fully saturated rings. The van der Waals surface area contributed by atoms with Crippen molar-refractivity contribution < 1.29 is 9.90 Å². The number of rotatable bonds is 3. The highest BCUT2D eigenvalue weighted by Crippen LogP contribution is 2.19. The van der Waals surface area contributed by atoms with Crippen molar-refractivity contribution in [2.45, 2.75) is 13.5 Å². The highest BCUT2D eigenvalue weighted by Gasteiger charge is 2.11. The highest BCUT2D eigenvalue weighted by molar-refractivity contribution is 5.93. The SMILES string of the molecule is Cc1cc(=O)c(C(=O)NCc2cc(N)ccc2O)c[nH]1. The molecule has 6 nitrogen and oxygen atoms in total. The first-order chi connectivity index (χ1) is 9.47. The van der Waals surface area contributed by atoms with Crippen molar-refractivity contribution >= 4 is 11.6 Å². The first-order valence-corrected chi connectivity index (χ1v) is 6.02. The third-order valence-electron chi connectivity index (χ3n) is 2.84. The number of phenols is 1. The number of carbonyl (C=O) groups excluding carboxylic acids is 1. The Bertz CT molecular complexity index is 707. The van der Waals surface area contributed by atoms with Crippen LogP contribution in [0.25, 0.3) is 0 Å². The van der Waals surface area contributed by atoms with Gasteiger partial charge in [0.25, 0.3) is 5.91 Å². The fraction of sp³-hybridized carbons (Fsp3) is 0.143. The number of hydrogen-bond acceptors (Lipinski definition) is 4. The van der Waals surface area contributed by atoms with Crippen LogP contribution in [-0.2, 0) is 6.54 Å². The molecule has 1 heterocycles. The van der Waals surface area contributed by atoms with Crippen molar-refractivity contribution in [2.75, 3.05) is 5.73 Å². The van der Waals surface area contributed by atoms with E-state index in [4.69, 9.17) is 5.73 Å². The van der Waals surface area contributed by atoms with E-state index in [1.165, 1.54) is 18.3 Å². The summed E-state index contributed by atoms with van der Waals surface area (Å²) in [5, 5.41) is 12.2. The van der Waals surface area contributed by atoms with E-state index in [1.54, 1.807) is 19.1 Å². The largest absolute Gasteiger partial charge is 0.508 e. The minimum atomic E-state index is -0.506. The summed E-state index contributed by atoms with van der Waals surface area (Å²) in [6.07, 6.45) is 1.37. The zero-order valence-corrected chi connectivity index (χ0v) is 10.9. The second kappa shape index (κ2) is 5.48. The quantitative estimate of drug-likeness (QED) is 0.492. The topological polar surface area (TPSA) is 108 Å². The Hall–Kier alpha value is -2.76. The molecule has 6 heteroatoms. The lowest BCUT2D eigenvalue weighted by atomic mass is 10.1. The van der Waals surface area contributed by atoms with Crippen LogP contribution >= 0.6 is 0 Å². The Balaban J connectivity index is 2.12. The molecule has 0 aliphatic heterocycles. The van der Waals surface area contributed by atoms with Crippen LogP contribution in [0.1, 0.15) is 21.6 Å². The number of benzene rings is 1. The van der Waals surface area contributed by atoms with Gasteiger partial charge >= 0.3 is 0 Å². The number of pyridine rings is 1. The molecule has 0 aliphatic rings. The van der Waals surface area contributed by atoms with Crippen molar-refractivity contribution in [3.8, 4) is 5.75 Å². The minimum Gasteiger partial charge on any atom is -0.508 e. The van der Waals surface area contributed by atoms with Gasteiger partial charge < -0.3 is 21.1 Å². The average molecular weight is 273 g/mol. The molecule has 1 aromatic carbocycles. The molecule has 0 atom stereocenters. The lowest BCUT2D eigenvalue weighted by Crippen LogP contribution is -2.28. The van der Waals surface area contributed by atoms with Crippen molar-refractivity contribution in [3.63, 3.8) is 0 Å². The second-order valence-electron chi connectivity index (χ2n) is 4.46. The van der Waals surface area contributed by atoms with Crippen LogP contribution in [0.4, 0.5) is 5.69 Å². The van der Waals surface area contributed by atoms with E-state index in [2.05, 4.69) is 10.3 Å². The average Bonchev–Trinajstić information content (AvgIpc) is 2.39. The van der Waals surface area contributed by atoms with E-state index in [9.17, 15) is 14.7 Å². The summed E-state index contributed by atoms with van der Waals surface area (Å²) in [5.74, 6) is -0.467. The number of phenolic OH excluding ortho intramolecular Hbond substituents is 1. The summed E-state index contributed by atoms with van der Waals surface area (Å²) in [5.41, 5.74) is 6.94. The highest BCUT2D eigenvalue weighted by atomic mass is 16.3. The van der Waals surface area contributed by atoms with Gasteiger partial charge in [0, 0.05) is 35.8 Å². The number of aromatic amines is 1. The molecule has 1 amide bonds. The molecule has 2 rings (SSSR count). The van der Waals surface area contributed by atoms with Gasteiger partial charge in [-0.25, -0.2) is 0 Å². The molecular formula is C14H15N3O3. The van der Waals surface area contributed by atoms with E-state index in [-0.39, 0.29) is 23.3 Å². The van der Waals surface area contributed by atoms with Crippen LogP contribution in [-0.4, -0.2) is 16.0 Å². The van der Waals surface area contributed by atoms with Crippen molar-refractivity contribution in [2.24, 2.45) is 0 Å². The van der Waals surface area contributed by atoms with Crippen LogP contribution in [0.15, 0.2) is 35.3 Å². The molecule has 20 heavy (non-hydrogen) atoms. The van der Waals surface area contributed by atoms with Gasteiger partial charge in [-0.05, 0) is 25.1 Å². The van der Waals surface area contributed by atoms with E-state index in [0.717, 1.165) is 0 Å². The number of aromatic nitrogens is 1. The Kier molecular flexibility index (Phi) is 3.74. The van der Waals surface area contributed by atoms with E-state index in [1.807, 2.05) is 0 Å². The van der Waals surface area contributed by atoms with Gasteiger partial charge in [0.15, 0.2) is 5.43 Å². The first-order valence-electron chi connectivity index (χ1n) is 6.02. The summed E-state index contributed by atoms with van der Waals surface area (Å²) in [6.45, 7) is 1.82. The molecule has 0 unspecified atom stereocenters. The molecule has 0 bridgehead atoms. The lowest BCUT2D eigenvalue weighted by Gasteiger charge is -2.08. The van der Waals surface area contributed by atoms with Gasteiger partial charge in [0.05, 0.1) is 0 Å². The zero-order chi connectivity index (χ0) is 14.7. The summed E-state index contributed by atoms with van der Waals surface area (Å²) in [7, 11) is 0. The van der Waals surface area contributed by atoms with Crippen LogP contribution in [0, 0.1) is 6.92 Å². The molecule has 2 aromatic rings. The van der Waals surface area contributed by atoms with Crippen molar-refractivity contribution in [1.29, 1.82) is 0 Å². The molecule has 0 spiro atoms. The van der Waals surface area contributed by atoms with Crippen LogP contribution in [0.2, 0.25) is 0 Å². The van der Waals surface area contributed by atoms with E-state index in [0.29, 0.717) is 16.9 Å². The number of amides is 1. The summed E-state index contributed by atoms with van der Waals surface area (Å²) >= 11 is 0. The number of H-pyrrole nitrogens is 1. The Labute approximate surface area is 115 Å². The van der Waals surface area contributed by atoms with E-state index >= 15 is 0 Å². The molecule has 0 saturated carbocycles. The lowest BCUT2D eigenvalue weighted by molar-refractivity contribution is 0.0949. The third-order valence-corrected chi connectivity index (χ3v) is 2.84. The van der Waals surface area contributed by atoms with Gasteiger partial charge in [0.2, 0.25) is 0 Å². The first kappa shape index (κ1) is 13.7. The maximum atomic E-state index is 11.9. The number of anilines is 1. The minimum absolute atomic E-state index is 0.0268. The van der Waals surface area contributed by atoms with Gasteiger partial charge in [-0.15, -0.1) is 0 Å². The number of aryl methyl sites for hydroxylation is 1. The molecule has 104 valence electrons. The fourth-order valence-corrected chi connectivity index (χ4v) is 1.77. The van der Waals surface area contributed by atoms with Crippen LogP contribution in [0.5, 0.6) is 5.75 Å². The zero-order valence-electron chi connectivity index (χ0n) is 10.9. The fourth-order valence-electron chi connectivity index (χ4n) is 1.77. The second-order valence-corrected chi connectivity index (χ2v) is 4.46.